The van der Waals surface area contributed by atoms with Gasteiger partial charge in [0.05, 0.1) is 36.6 Å². The van der Waals surface area contributed by atoms with Crippen LogP contribution >= 0.6 is 0 Å². The van der Waals surface area contributed by atoms with Crippen molar-refractivity contribution in [3.8, 4) is 34.0 Å². The molecule has 0 saturated carbocycles. The number of carboxylic acid groups (broad SMARTS) is 1. The van der Waals surface area contributed by atoms with Crippen molar-refractivity contribution in [2.24, 2.45) is 0 Å². The number of fused-ring (bicyclic) bond motifs is 1. The van der Waals surface area contributed by atoms with Crippen LogP contribution in [0.3, 0.4) is 0 Å². The number of aromatic amines is 1. The summed E-state index contributed by atoms with van der Waals surface area (Å²) in [4.78, 5) is 16.6. The Morgan fingerprint density at radius 2 is 1.66 bits per heavy atom. The van der Waals surface area contributed by atoms with Crippen LogP contribution in [0.2, 0.25) is 0 Å². The van der Waals surface area contributed by atoms with E-state index in [4.69, 9.17) is 9.47 Å². The van der Waals surface area contributed by atoms with Crippen LogP contribution in [0, 0.1) is 6.92 Å². The average Bonchev–Trinajstić information content (AvgIpc) is 3.17. The number of aryl methyl sites for hydroxylation is 1. The van der Waals surface area contributed by atoms with Gasteiger partial charge in [-0.1, -0.05) is 29.8 Å². The van der Waals surface area contributed by atoms with Gasteiger partial charge >= 0.3 is 5.97 Å². The van der Waals surface area contributed by atoms with Crippen molar-refractivity contribution in [2.45, 2.75) is 6.92 Å². The van der Waals surface area contributed by atoms with Gasteiger partial charge in [-0.25, -0.2) is 9.78 Å². The first-order chi connectivity index (χ1) is 14.0. The van der Waals surface area contributed by atoms with Crippen LogP contribution < -0.4 is 9.47 Å². The lowest BCUT2D eigenvalue weighted by Gasteiger charge is -2.10. The molecule has 7 nitrogen and oxygen atoms in total. The minimum Gasteiger partial charge on any atom is -0.493 e. The van der Waals surface area contributed by atoms with Gasteiger partial charge in [0.25, 0.3) is 0 Å². The Morgan fingerprint density at radius 3 is 2.31 bits per heavy atom. The van der Waals surface area contributed by atoms with E-state index in [0.717, 1.165) is 11.1 Å². The van der Waals surface area contributed by atoms with Gasteiger partial charge < -0.3 is 14.6 Å². The lowest BCUT2D eigenvalue weighted by Crippen LogP contribution is -2.00. The number of ether oxygens (including phenoxy) is 2. The molecule has 146 valence electrons. The number of hydrogen-bond donors (Lipinski definition) is 2. The average molecular weight is 389 g/mol. The van der Waals surface area contributed by atoms with E-state index in [-0.39, 0.29) is 5.56 Å². The number of pyridine rings is 1. The topological polar surface area (TPSA) is 97.3 Å². The second kappa shape index (κ2) is 7.27. The Labute approximate surface area is 166 Å². The van der Waals surface area contributed by atoms with Crippen LogP contribution in [0.25, 0.3) is 33.5 Å². The van der Waals surface area contributed by atoms with Gasteiger partial charge in [0.1, 0.15) is 0 Å². The van der Waals surface area contributed by atoms with Crippen LogP contribution in [0.5, 0.6) is 11.5 Å². The number of carbonyl (C=O) groups is 1. The molecule has 7 heteroatoms. The molecule has 0 unspecified atom stereocenters. The van der Waals surface area contributed by atoms with Crippen molar-refractivity contribution in [3.63, 3.8) is 0 Å². The molecule has 0 atom stereocenters. The van der Waals surface area contributed by atoms with Crippen molar-refractivity contribution in [1.29, 1.82) is 0 Å². The molecule has 0 radical (unpaired) electrons. The van der Waals surface area contributed by atoms with Crippen molar-refractivity contribution in [2.75, 3.05) is 14.2 Å². The molecule has 0 aliphatic carbocycles. The number of rotatable bonds is 5. The Morgan fingerprint density at radius 1 is 0.966 bits per heavy atom. The molecule has 2 aromatic carbocycles. The van der Waals surface area contributed by atoms with Crippen LogP contribution in [0.15, 0.2) is 48.5 Å². The highest BCUT2D eigenvalue weighted by Gasteiger charge is 2.20. The van der Waals surface area contributed by atoms with E-state index in [9.17, 15) is 9.90 Å². The Hall–Kier alpha value is -3.87. The number of aromatic carboxylic acids is 1. The number of carboxylic acids is 1. The minimum absolute atomic E-state index is 0.129. The standard InChI is InChI=1S/C22H19N3O4/c1-12-4-6-13(7-5-12)20-19-15(22(26)27)11-16(23-21(19)25-24-20)14-8-9-17(28-2)18(10-14)29-3/h4-11H,1-3H3,(H,26,27)(H,23,24,25). The first-order valence-corrected chi connectivity index (χ1v) is 8.93. The smallest absolute Gasteiger partial charge is 0.336 e. The molecular weight excluding hydrogens is 370 g/mol. The lowest BCUT2D eigenvalue weighted by atomic mass is 10.0. The van der Waals surface area contributed by atoms with Crippen LogP contribution in [0.1, 0.15) is 15.9 Å². The zero-order chi connectivity index (χ0) is 20.5. The van der Waals surface area contributed by atoms with Crippen LogP contribution in [0.4, 0.5) is 0 Å². The SMILES string of the molecule is COc1ccc(-c2cc(C(=O)O)c3c(-c4ccc(C)cc4)[nH]nc3n2)cc1OC. The normalized spacial score (nSPS) is 10.9. The fourth-order valence-corrected chi connectivity index (χ4v) is 3.26. The van der Waals surface area contributed by atoms with E-state index in [1.165, 1.54) is 0 Å². The Bertz CT molecular complexity index is 1210. The fraction of sp³-hybridized carbons (Fsp3) is 0.136. The maximum absolute atomic E-state index is 12.0. The lowest BCUT2D eigenvalue weighted by molar-refractivity contribution is 0.0699. The Balaban J connectivity index is 1.91. The second-order valence-corrected chi connectivity index (χ2v) is 6.59. The monoisotopic (exact) mass is 389 g/mol. The highest BCUT2D eigenvalue weighted by atomic mass is 16.5. The van der Waals surface area contributed by atoms with Gasteiger partial charge in [-0.05, 0) is 31.2 Å². The van der Waals surface area contributed by atoms with Crippen molar-refractivity contribution in [3.05, 3.63) is 59.7 Å². The summed E-state index contributed by atoms with van der Waals surface area (Å²) in [5.74, 6) is 0.0669. The molecule has 2 heterocycles. The molecule has 0 spiro atoms. The number of nitrogens with zero attached hydrogens (tertiary/aromatic N) is 2. The zero-order valence-corrected chi connectivity index (χ0v) is 16.2. The summed E-state index contributed by atoms with van der Waals surface area (Å²) in [6, 6.07) is 14.6. The molecule has 0 amide bonds. The minimum atomic E-state index is -1.05. The van der Waals surface area contributed by atoms with Crippen molar-refractivity contribution in [1.82, 2.24) is 15.2 Å². The summed E-state index contributed by atoms with van der Waals surface area (Å²) in [7, 11) is 3.10. The number of nitrogens with one attached hydrogen (secondary N) is 1. The van der Waals surface area contributed by atoms with E-state index in [1.807, 2.05) is 31.2 Å². The van der Waals surface area contributed by atoms with Crippen molar-refractivity contribution < 1.29 is 19.4 Å². The first kappa shape index (κ1) is 18.5. The number of hydrogen-bond acceptors (Lipinski definition) is 5. The first-order valence-electron chi connectivity index (χ1n) is 8.93. The summed E-state index contributed by atoms with van der Waals surface area (Å²) in [6.45, 7) is 1.99. The van der Waals surface area contributed by atoms with Gasteiger partial charge in [-0.15, -0.1) is 0 Å². The molecular formula is C22H19N3O4. The maximum Gasteiger partial charge on any atom is 0.336 e. The number of methoxy groups -OCH3 is 2. The van der Waals surface area contributed by atoms with E-state index in [0.29, 0.717) is 39.5 Å². The predicted molar refractivity (Wildman–Crippen MR) is 110 cm³/mol. The summed E-state index contributed by atoms with van der Waals surface area (Å²) >= 11 is 0. The molecule has 2 N–H and O–H groups in total. The van der Waals surface area contributed by atoms with Gasteiger partial charge in [-0.2, -0.15) is 5.10 Å². The zero-order valence-electron chi connectivity index (χ0n) is 16.2. The molecule has 0 aliphatic heterocycles. The molecule has 0 fully saturated rings. The largest absolute Gasteiger partial charge is 0.493 e. The van der Waals surface area contributed by atoms with E-state index in [1.54, 1.807) is 38.5 Å². The highest BCUT2D eigenvalue weighted by Crippen LogP contribution is 2.35. The Kier molecular flexibility index (Phi) is 4.64. The summed E-state index contributed by atoms with van der Waals surface area (Å²) < 4.78 is 10.6. The van der Waals surface area contributed by atoms with Crippen LogP contribution in [-0.4, -0.2) is 40.5 Å². The summed E-state index contributed by atoms with van der Waals surface area (Å²) in [5, 5.41) is 17.5. The van der Waals surface area contributed by atoms with Crippen molar-refractivity contribution >= 4 is 17.0 Å². The quantitative estimate of drug-likeness (QED) is 0.528. The maximum atomic E-state index is 12.0. The van der Waals surface area contributed by atoms with E-state index < -0.39 is 5.97 Å². The summed E-state index contributed by atoms with van der Waals surface area (Å²) in [6.07, 6.45) is 0. The summed E-state index contributed by atoms with van der Waals surface area (Å²) in [5.41, 5.74) is 4.24. The third kappa shape index (κ3) is 3.27. The molecule has 0 aliphatic rings. The number of benzene rings is 2. The number of aromatic nitrogens is 3. The van der Waals surface area contributed by atoms with E-state index >= 15 is 0 Å². The predicted octanol–water partition coefficient (Wildman–Crippen LogP) is 4.32. The fourth-order valence-electron chi connectivity index (χ4n) is 3.26. The van der Waals surface area contributed by atoms with Gasteiger partial charge in [0, 0.05) is 11.1 Å². The third-order valence-corrected chi connectivity index (χ3v) is 4.77. The molecule has 4 rings (SSSR count). The van der Waals surface area contributed by atoms with Gasteiger partial charge in [0.2, 0.25) is 0 Å². The molecule has 0 saturated heterocycles. The van der Waals surface area contributed by atoms with Gasteiger partial charge in [-0.3, -0.25) is 5.10 Å². The highest BCUT2D eigenvalue weighted by molar-refractivity contribution is 6.08. The molecule has 0 bridgehead atoms. The molecule has 2 aromatic heterocycles. The number of H-pyrrole nitrogens is 1. The third-order valence-electron chi connectivity index (χ3n) is 4.77. The molecule has 29 heavy (non-hydrogen) atoms. The van der Waals surface area contributed by atoms with Gasteiger partial charge in [0.15, 0.2) is 17.1 Å². The second-order valence-electron chi connectivity index (χ2n) is 6.59. The molecule has 4 aromatic rings. The van der Waals surface area contributed by atoms with E-state index in [2.05, 4.69) is 15.2 Å². The van der Waals surface area contributed by atoms with Crippen LogP contribution in [-0.2, 0) is 0 Å².